The average Bonchev–Trinajstić information content (AvgIpc) is 3.27. The Bertz CT molecular complexity index is 981. The maximum atomic E-state index is 12.8. The summed E-state index contributed by atoms with van der Waals surface area (Å²) in [6, 6.07) is 14.6. The van der Waals surface area contributed by atoms with Crippen molar-refractivity contribution in [3.63, 3.8) is 0 Å². The molecule has 1 fully saturated rings. The van der Waals surface area contributed by atoms with E-state index in [9.17, 15) is 14.4 Å². The fraction of sp³-hybridized carbons (Fsp3) is 0.375. The van der Waals surface area contributed by atoms with E-state index in [1.165, 1.54) is 0 Å². The molecule has 1 aliphatic carbocycles. The van der Waals surface area contributed by atoms with E-state index in [1.807, 2.05) is 36.4 Å². The Labute approximate surface area is 176 Å². The number of carbonyl (C=O) groups is 3. The summed E-state index contributed by atoms with van der Waals surface area (Å²) in [5.74, 6) is -0.664. The molecule has 30 heavy (non-hydrogen) atoms. The highest BCUT2D eigenvalue weighted by Gasteiger charge is 2.42. The van der Waals surface area contributed by atoms with E-state index in [-0.39, 0.29) is 24.3 Å². The van der Waals surface area contributed by atoms with Crippen molar-refractivity contribution in [1.29, 1.82) is 0 Å². The summed E-state index contributed by atoms with van der Waals surface area (Å²) in [5, 5.41) is 5.85. The van der Waals surface area contributed by atoms with Crippen molar-refractivity contribution >= 4 is 23.5 Å². The Hall–Kier alpha value is -3.15. The Morgan fingerprint density at radius 2 is 1.87 bits per heavy atom. The van der Waals surface area contributed by atoms with Gasteiger partial charge in [-0.15, -0.1) is 0 Å². The molecule has 6 nitrogen and oxygen atoms in total. The molecular weight excluding hydrogens is 380 g/mol. The van der Waals surface area contributed by atoms with E-state index in [4.69, 9.17) is 4.74 Å². The zero-order chi connectivity index (χ0) is 21.1. The van der Waals surface area contributed by atoms with Crippen molar-refractivity contribution in [3.05, 3.63) is 65.2 Å². The van der Waals surface area contributed by atoms with Gasteiger partial charge in [0.15, 0.2) is 5.60 Å². The number of ether oxygens (including phenoxy) is 1. The third kappa shape index (κ3) is 4.22. The number of hydrogen-bond acceptors (Lipinski definition) is 4. The SMILES string of the molecule is CC1(C(=O)NCc2cccc(NC(=O)C3CCCC3)c2)Cc2ccccc2C(=O)O1. The van der Waals surface area contributed by atoms with Crippen LogP contribution < -0.4 is 10.6 Å². The molecule has 2 N–H and O–H groups in total. The summed E-state index contributed by atoms with van der Waals surface area (Å²) in [6.07, 6.45) is 4.44. The predicted molar refractivity (Wildman–Crippen MR) is 113 cm³/mol. The van der Waals surface area contributed by atoms with Gasteiger partial charge in [0.2, 0.25) is 5.91 Å². The Morgan fingerprint density at radius 1 is 1.10 bits per heavy atom. The monoisotopic (exact) mass is 406 g/mol. The van der Waals surface area contributed by atoms with Gasteiger partial charge in [0.1, 0.15) is 0 Å². The van der Waals surface area contributed by atoms with Crippen molar-refractivity contribution in [1.82, 2.24) is 5.32 Å². The summed E-state index contributed by atoms with van der Waals surface area (Å²) in [4.78, 5) is 37.5. The zero-order valence-electron chi connectivity index (χ0n) is 17.1. The third-order valence-corrected chi connectivity index (χ3v) is 5.94. The van der Waals surface area contributed by atoms with E-state index < -0.39 is 11.6 Å². The van der Waals surface area contributed by atoms with Crippen LogP contribution in [0.4, 0.5) is 5.69 Å². The van der Waals surface area contributed by atoms with Gasteiger partial charge in [0.05, 0.1) is 5.56 Å². The molecule has 1 unspecified atom stereocenters. The van der Waals surface area contributed by atoms with E-state index in [2.05, 4.69) is 10.6 Å². The first kappa shape index (κ1) is 20.1. The van der Waals surface area contributed by atoms with Crippen LogP contribution in [0.3, 0.4) is 0 Å². The number of fused-ring (bicyclic) bond motifs is 1. The lowest BCUT2D eigenvalue weighted by Gasteiger charge is -2.33. The van der Waals surface area contributed by atoms with E-state index in [0.29, 0.717) is 12.0 Å². The van der Waals surface area contributed by atoms with Gasteiger partial charge in [-0.1, -0.05) is 43.2 Å². The lowest BCUT2D eigenvalue weighted by Crippen LogP contribution is -2.51. The van der Waals surface area contributed by atoms with Crippen LogP contribution in [0.2, 0.25) is 0 Å². The number of benzene rings is 2. The van der Waals surface area contributed by atoms with Crippen LogP contribution in [0, 0.1) is 5.92 Å². The molecule has 0 spiro atoms. The highest BCUT2D eigenvalue weighted by atomic mass is 16.6. The number of amides is 2. The predicted octanol–water partition coefficient (Wildman–Crippen LogP) is 3.60. The first-order valence-corrected chi connectivity index (χ1v) is 10.4. The van der Waals surface area contributed by atoms with Gasteiger partial charge in [0.25, 0.3) is 5.91 Å². The summed E-state index contributed by atoms with van der Waals surface area (Å²) in [5.41, 5.74) is 1.65. The number of cyclic esters (lactones) is 1. The van der Waals surface area contributed by atoms with Gasteiger partial charge in [0, 0.05) is 24.6 Å². The fourth-order valence-electron chi connectivity index (χ4n) is 4.22. The quantitative estimate of drug-likeness (QED) is 0.743. The van der Waals surface area contributed by atoms with E-state index >= 15 is 0 Å². The largest absolute Gasteiger partial charge is 0.445 e. The second kappa shape index (κ2) is 8.30. The smallest absolute Gasteiger partial charge is 0.339 e. The molecule has 2 aromatic rings. The number of hydrogen-bond donors (Lipinski definition) is 2. The highest BCUT2D eigenvalue weighted by molar-refractivity contribution is 5.97. The normalized spacial score (nSPS) is 20.9. The fourth-order valence-corrected chi connectivity index (χ4v) is 4.22. The summed E-state index contributed by atoms with van der Waals surface area (Å²) in [7, 11) is 0. The first-order chi connectivity index (χ1) is 14.4. The van der Waals surface area contributed by atoms with Crippen LogP contribution in [0.5, 0.6) is 0 Å². The molecular formula is C24H26N2O4. The van der Waals surface area contributed by atoms with Crippen molar-refractivity contribution in [2.75, 3.05) is 5.32 Å². The second-order valence-electron chi connectivity index (χ2n) is 8.31. The van der Waals surface area contributed by atoms with E-state index in [1.54, 1.807) is 19.1 Å². The maximum Gasteiger partial charge on any atom is 0.339 e. The van der Waals surface area contributed by atoms with Crippen LogP contribution in [0.25, 0.3) is 0 Å². The van der Waals surface area contributed by atoms with Crippen molar-refractivity contribution < 1.29 is 19.1 Å². The van der Waals surface area contributed by atoms with E-state index in [0.717, 1.165) is 42.5 Å². The Morgan fingerprint density at radius 3 is 2.67 bits per heavy atom. The van der Waals surface area contributed by atoms with Gasteiger partial charge in [-0.25, -0.2) is 4.79 Å². The van der Waals surface area contributed by atoms with Crippen molar-refractivity contribution in [3.8, 4) is 0 Å². The molecule has 1 heterocycles. The molecule has 2 aromatic carbocycles. The highest BCUT2D eigenvalue weighted by Crippen LogP contribution is 2.29. The lowest BCUT2D eigenvalue weighted by molar-refractivity contribution is -0.140. The number of nitrogens with one attached hydrogen (secondary N) is 2. The Balaban J connectivity index is 1.38. The Kier molecular flexibility index (Phi) is 5.57. The van der Waals surface area contributed by atoms with Crippen molar-refractivity contribution in [2.45, 2.75) is 51.2 Å². The van der Waals surface area contributed by atoms with Crippen LogP contribution >= 0.6 is 0 Å². The summed E-state index contributed by atoms with van der Waals surface area (Å²) in [6.45, 7) is 1.91. The number of esters is 1. The molecule has 2 amide bonds. The molecule has 0 saturated heterocycles. The summed E-state index contributed by atoms with van der Waals surface area (Å²) < 4.78 is 5.48. The lowest BCUT2D eigenvalue weighted by atomic mass is 9.89. The standard InChI is InChI=1S/C24H26N2O4/c1-24(14-18-10-4-5-12-20(18)22(28)30-24)23(29)25-15-16-7-6-11-19(13-16)26-21(27)17-8-2-3-9-17/h4-7,10-13,17H,2-3,8-9,14-15H2,1H3,(H,25,29)(H,26,27). The number of carbonyl (C=O) groups excluding carboxylic acids is 3. The zero-order valence-corrected chi connectivity index (χ0v) is 17.1. The average molecular weight is 406 g/mol. The molecule has 2 aliphatic rings. The minimum Gasteiger partial charge on any atom is -0.445 e. The third-order valence-electron chi connectivity index (χ3n) is 5.94. The van der Waals surface area contributed by atoms with Crippen LogP contribution in [0.1, 0.15) is 54.1 Å². The van der Waals surface area contributed by atoms with Gasteiger partial charge < -0.3 is 15.4 Å². The molecule has 0 bridgehead atoms. The van der Waals surface area contributed by atoms with Gasteiger partial charge in [-0.2, -0.15) is 0 Å². The topological polar surface area (TPSA) is 84.5 Å². The van der Waals surface area contributed by atoms with Gasteiger partial charge >= 0.3 is 5.97 Å². The van der Waals surface area contributed by atoms with Crippen LogP contribution in [0.15, 0.2) is 48.5 Å². The number of anilines is 1. The van der Waals surface area contributed by atoms with Gasteiger partial charge in [-0.05, 0) is 49.1 Å². The molecule has 0 aromatic heterocycles. The molecule has 6 heteroatoms. The maximum absolute atomic E-state index is 12.8. The molecule has 156 valence electrons. The van der Waals surface area contributed by atoms with Crippen LogP contribution in [-0.4, -0.2) is 23.4 Å². The molecule has 1 atom stereocenters. The van der Waals surface area contributed by atoms with Crippen LogP contribution in [-0.2, 0) is 27.3 Å². The summed E-state index contributed by atoms with van der Waals surface area (Å²) >= 11 is 0. The minimum absolute atomic E-state index is 0.0639. The minimum atomic E-state index is -1.25. The second-order valence-corrected chi connectivity index (χ2v) is 8.31. The molecule has 1 saturated carbocycles. The number of rotatable bonds is 5. The van der Waals surface area contributed by atoms with Gasteiger partial charge in [-0.3, -0.25) is 9.59 Å². The molecule has 1 aliphatic heterocycles. The molecule has 0 radical (unpaired) electrons. The molecule has 4 rings (SSSR count). The van der Waals surface area contributed by atoms with Crippen molar-refractivity contribution in [2.24, 2.45) is 5.92 Å². The first-order valence-electron chi connectivity index (χ1n) is 10.4.